The maximum absolute atomic E-state index is 12.7. The lowest BCUT2D eigenvalue weighted by molar-refractivity contribution is 0.628. The minimum absolute atomic E-state index is 0.190. The second-order valence-corrected chi connectivity index (χ2v) is 4.38. The van der Waals surface area contributed by atoms with Gasteiger partial charge in [-0.05, 0) is 49.1 Å². The van der Waals surface area contributed by atoms with E-state index in [1.807, 2.05) is 6.07 Å². The lowest BCUT2D eigenvalue weighted by Gasteiger charge is -2.06. The Bertz CT molecular complexity index is 450. The van der Waals surface area contributed by atoms with Gasteiger partial charge in [0.15, 0.2) is 0 Å². The van der Waals surface area contributed by atoms with Gasteiger partial charge in [0.1, 0.15) is 5.82 Å². The quantitative estimate of drug-likeness (QED) is 0.747. The van der Waals surface area contributed by atoms with Crippen molar-refractivity contribution in [3.8, 4) is 0 Å². The maximum atomic E-state index is 12.7. The number of hydrogen-bond acceptors (Lipinski definition) is 1. The largest absolute Gasteiger partial charge is 0.385 e. The van der Waals surface area contributed by atoms with Crippen molar-refractivity contribution in [1.82, 2.24) is 0 Å². The zero-order valence-corrected chi connectivity index (χ0v) is 10.4. The standard InChI is InChI=1S/C16H18FN/c17-15-9-11-16(12-10-15)18-13-5-4-8-14-6-2-1-3-7-14/h1-3,6-7,9-12,18H,4-5,8,13H2. The molecule has 2 aromatic rings. The van der Waals surface area contributed by atoms with E-state index in [1.165, 1.54) is 17.7 Å². The molecule has 0 heterocycles. The number of hydrogen-bond donors (Lipinski definition) is 1. The molecule has 18 heavy (non-hydrogen) atoms. The first-order valence-electron chi connectivity index (χ1n) is 6.38. The average molecular weight is 243 g/mol. The summed E-state index contributed by atoms with van der Waals surface area (Å²) in [6.45, 7) is 0.929. The van der Waals surface area contributed by atoms with Crippen molar-refractivity contribution in [3.63, 3.8) is 0 Å². The molecule has 0 aliphatic carbocycles. The van der Waals surface area contributed by atoms with E-state index in [2.05, 4.69) is 29.6 Å². The first-order chi connectivity index (χ1) is 8.84. The molecule has 2 rings (SSSR count). The van der Waals surface area contributed by atoms with Crippen LogP contribution < -0.4 is 5.32 Å². The van der Waals surface area contributed by atoms with E-state index in [9.17, 15) is 4.39 Å². The minimum atomic E-state index is -0.190. The van der Waals surface area contributed by atoms with Crippen LogP contribution >= 0.6 is 0 Å². The fraction of sp³-hybridized carbons (Fsp3) is 0.250. The Kier molecular flexibility index (Phi) is 4.77. The molecule has 0 unspecified atom stereocenters. The lowest BCUT2D eigenvalue weighted by atomic mass is 10.1. The van der Waals surface area contributed by atoms with Crippen molar-refractivity contribution in [1.29, 1.82) is 0 Å². The monoisotopic (exact) mass is 243 g/mol. The Labute approximate surface area is 108 Å². The van der Waals surface area contributed by atoms with Gasteiger partial charge in [-0.3, -0.25) is 0 Å². The Morgan fingerprint density at radius 2 is 1.56 bits per heavy atom. The van der Waals surface area contributed by atoms with Gasteiger partial charge in [-0.25, -0.2) is 4.39 Å². The third-order valence-electron chi connectivity index (χ3n) is 2.91. The van der Waals surface area contributed by atoms with Crippen LogP contribution in [0.3, 0.4) is 0 Å². The van der Waals surface area contributed by atoms with Gasteiger partial charge in [0.05, 0.1) is 0 Å². The zero-order valence-electron chi connectivity index (χ0n) is 10.4. The van der Waals surface area contributed by atoms with Crippen molar-refractivity contribution in [2.45, 2.75) is 19.3 Å². The molecular formula is C16H18FN. The van der Waals surface area contributed by atoms with Gasteiger partial charge in [0, 0.05) is 12.2 Å². The Morgan fingerprint density at radius 1 is 0.833 bits per heavy atom. The summed E-state index contributed by atoms with van der Waals surface area (Å²) in [5.74, 6) is -0.190. The van der Waals surface area contributed by atoms with Crippen LogP contribution in [0.25, 0.3) is 0 Å². The fourth-order valence-electron chi connectivity index (χ4n) is 1.90. The predicted molar refractivity (Wildman–Crippen MR) is 74.3 cm³/mol. The van der Waals surface area contributed by atoms with E-state index >= 15 is 0 Å². The molecule has 1 nitrogen and oxygen atoms in total. The van der Waals surface area contributed by atoms with E-state index < -0.39 is 0 Å². The molecule has 0 radical (unpaired) electrons. The molecule has 0 spiro atoms. The Balaban J connectivity index is 1.63. The number of benzene rings is 2. The predicted octanol–water partition coefficient (Wildman–Crippen LogP) is 4.26. The molecule has 94 valence electrons. The summed E-state index contributed by atoms with van der Waals surface area (Å²) >= 11 is 0. The van der Waals surface area contributed by atoms with E-state index in [0.717, 1.165) is 31.5 Å². The number of rotatable bonds is 6. The summed E-state index contributed by atoms with van der Waals surface area (Å²) in [6.07, 6.45) is 3.40. The van der Waals surface area contributed by atoms with Gasteiger partial charge in [0.25, 0.3) is 0 Å². The first kappa shape index (κ1) is 12.6. The number of nitrogens with one attached hydrogen (secondary N) is 1. The molecule has 0 bridgehead atoms. The fourth-order valence-corrected chi connectivity index (χ4v) is 1.90. The van der Waals surface area contributed by atoms with Gasteiger partial charge in [-0.1, -0.05) is 30.3 Å². The summed E-state index contributed by atoms with van der Waals surface area (Å²) in [5, 5.41) is 3.29. The molecule has 2 heteroatoms. The van der Waals surface area contributed by atoms with E-state index in [0.29, 0.717) is 0 Å². The van der Waals surface area contributed by atoms with Crippen molar-refractivity contribution >= 4 is 5.69 Å². The summed E-state index contributed by atoms with van der Waals surface area (Å²) in [7, 11) is 0. The molecule has 0 aromatic heterocycles. The van der Waals surface area contributed by atoms with Crippen molar-refractivity contribution in [2.24, 2.45) is 0 Å². The van der Waals surface area contributed by atoms with Crippen LogP contribution in [-0.4, -0.2) is 6.54 Å². The lowest BCUT2D eigenvalue weighted by Crippen LogP contribution is -2.01. The van der Waals surface area contributed by atoms with Crippen LogP contribution in [0.15, 0.2) is 54.6 Å². The van der Waals surface area contributed by atoms with E-state index in [1.54, 1.807) is 12.1 Å². The number of halogens is 1. The van der Waals surface area contributed by atoms with Gasteiger partial charge in [-0.2, -0.15) is 0 Å². The third-order valence-corrected chi connectivity index (χ3v) is 2.91. The molecule has 1 N–H and O–H groups in total. The SMILES string of the molecule is Fc1ccc(NCCCCc2ccccc2)cc1. The third kappa shape index (κ3) is 4.21. The second-order valence-electron chi connectivity index (χ2n) is 4.38. The van der Waals surface area contributed by atoms with Gasteiger partial charge in [-0.15, -0.1) is 0 Å². The molecule has 0 aliphatic rings. The van der Waals surface area contributed by atoms with Crippen LogP contribution in [0.4, 0.5) is 10.1 Å². The van der Waals surface area contributed by atoms with Crippen LogP contribution in [0.5, 0.6) is 0 Å². The van der Waals surface area contributed by atoms with Gasteiger partial charge >= 0.3 is 0 Å². The zero-order chi connectivity index (χ0) is 12.6. The number of anilines is 1. The second kappa shape index (κ2) is 6.80. The molecule has 0 atom stereocenters. The van der Waals surface area contributed by atoms with Crippen LogP contribution in [-0.2, 0) is 6.42 Å². The molecule has 2 aromatic carbocycles. The van der Waals surface area contributed by atoms with Gasteiger partial charge in [0.2, 0.25) is 0 Å². The van der Waals surface area contributed by atoms with Crippen LogP contribution in [0, 0.1) is 5.82 Å². The summed E-state index contributed by atoms with van der Waals surface area (Å²) in [5.41, 5.74) is 2.37. The smallest absolute Gasteiger partial charge is 0.123 e. The van der Waals surface area contributed by atoms with Crippen molar-refractivity contribution in [3.05, 3.63) is 66.0 Å². The highest BCUT2D eigenvalue weighted by Crippen LogP contribution is 2.09. The Hall–Kier alpha value is -1.83. The molecule has 0 saturated carbocycles. The molecule has 0 fully saturated rings. The number of aryl methyl sites for hydroxylation is 1. The van der Waals surface area contributed by atoms with Crippen LogP contribution in [0.1, 0.15) is 18.4 Å². The van der Waals surface area contributed by atoms with E-state index in [-0.39, 0.29) is 5.82 Å². The highest BCUT2D eigenvalue weighted by molar-refractivity contribution is 5.42. The maximum Gasteiger partial charge on any atom is 0.123 e. The molecule has 0 amide bonds. The number of unbranched alkanes of at least 4 members (excludes halogenated alkanes) is 1. The van der Waals surface area contributed by atoms with Gasteiger partial charge < -0.3 is 5.32 Å². The van der Waals surface area contributed by atoms with Crippen LogP contribution in [0.2, 0.25) is 0 Å². The molecule has 0 saturated heterocycles. The molecular weight excluding hydrogens is 225 g/mol. The highest BCUT2D eigenvalue weighted by Gasteiger charge is 1.94. The highest BCUT2D eigenvalue weighted by atomic mass is 19.1. The summed E-state index contributed by atoms with van der Waals surface area (Å²) in [4.78, 5) is 0. The van der Waals surface area contributed by atoms with Crippen molar-refractivity contribution in [2.75, 3.05) is 11.9 Å². The Morgan fingerprint density at radius 3 is 2.28 bits per heavy atom. The first-order valence-corrected chi connectivity index (χ1v) is 6.38. The van der Waals surface area contributed by atoms with E-state index in [4.69, 9.17) is 0 Å². The average Bonchev–Trinajstić information content (AvgIpc) is 2.42. The van der Waals surface area contributed by atoms with Crippen molar-refractivity contribution < 1.29 is 4.39 Å². The summed E-state index contributed by atoms with van der Waals surface area (Å²) < 4.78 is 12.7. The normalized spacial score (nSPS) is 10.3. The summed E-state index contributed by atoms with van der Waals surface area (Å²) in [6, 6.07) is 17.0. The topological polar surface area (TPSA) is 12.0 Å². The molecule has 0 aliphatic heterocycles. The minimum Gasteiger partial charge on any atom is -0.385 e.